The van der Waals surface area contributed by atoms with Crippen LogP contribution in [0.3, 0.4) is 0 Å². The maximum atomic E-state index is 12.1. The molecule has 0 spiro atoms. The zero-order valence-corrected chi connectivity index (χ0v) is 21.5. The number of aromatic amines is 1. The van der Waals surface area contributed by atoms with E-state index in [1.165, 1.54) is 11.1 Å². The van der Waals surface area contributed by atoms with E-state index in [0.29, 0.717) is 12.5 Å². The summed E-state index contributed by atoms with van der Waals surface area (Å²) in [4.78, 5) is 33.9. The predicted octanol–water partition coefficient (Wildman–Crippen LogP) is 3.68. The van der Waals surface area contributed by atoms with Crippen LogP contribution in [-0.4, -0.2) is 79.0 Å². The molecule has 35 heavy (non-hydrogen) atoms. The first-order chi connectivity index (χ1) is 16.7. The predicted molar refractivity (Wildman–Crippen MR) is 137 cm³/mol. The van der Waals surface area contributed by atoms with Crippen LogP contribution in [0.2, 0.25) is 0 Å². The smallest absolute Gasteiger partial charge is 0.236 e. The van der Waals surface area contributed by atoms with E-state index in [-0.39, 0.29) is 11.8 Å². The van der Waals surface area contributed by atoms with Crippen molar-refractivity contribution in [3.8, 4) is 11.3 Å². The van der Waals surface area contributed by atoms with Gasteiger partial charge in [0.1, 0.15) is 11.8 Å². The number of aromatic nitrogens is 6. The highest BCUT2D eigenvalue weighted by Crippen LogP contribution is 2.37. The van der Waals surface area contributed by atoms with Gasteiger partial charge in [-0.05, 0) is 56.8 Å². The zero-order chi connectivity index (χ0) is 24.9. The number of rotatable bonds is 5. The van der Waals surface area contributed by atoms with Gasteiger partial charge in [-0.15, -0.1) is 0 Å². The van der Waals surface area contributed by atoms with Crippen molar-refractivity contribution < 1.29 is 4.79 Å². The molecule has 5 heterocycles. The highest BCUT2D eigenvalue weighted by atomic mass is 16.2. The Kier molecular flexibility index (Phi) is 6.04. The second-order valence-corrected chi connectivity index (χ2v) is 10.2. The molecule has 9 heteroatoms. The Balaban J connectivity index is 1.49. The Hall–Kier alpha value is -3.33. The first kappa shape index (κ1) is 23.4. The highest BCUT2D eigenvalue weighted by molar-refractivity contribution is 5.87. The van der Waals surface area contributed by atoms with Crippen LogP contribution in [0.25, 0.3) is 28.1 Å². The van der Waals surface area contributed by atoms with Gasteiger partial charge in [-0.3, -0.25) is 9.69 Å². The Morgan fingerprint density at radius 3 is 2.60 bits per heavy atom. The lowest BCUT2D eigenvalue weighted by Gasteiger charge is -2.31. The van der Waals surface area contributed by atoms with Gasteiger partial charge in [0.15, 0.2) is 11.3 Å². The normalized spacial score (nSPS) is 15.5. The van der Waals surface area contributed by atoms with E-state index in [2.05, 4.69) is 47.7 Å². The average molecular weight is 475 g/mol. The minimum absolute atomic E-state index is 0.153. The summed E-state index contributed by atoms with van der Waals surface area (Å²) in [5.74, 6) is 0.778. The maximum absolute atomic E-state index is 12.1. The number of H-pyrrole nitrogens is 1. The standard InChI is InChI=1S/C26H34N8O/c1-15(2)22-23(19-12-34-26(28-14-29-34)17(4)16(19)3)31-25-24(22)30-20(11-27-25)18-7-9-33(10-8-18)13-21(35)32(5)6/h11-12,14-15,18H,7-10,13H2,1-6H3,(H,27,31). The summed E-state index contributed by atoms with van der Waals surface area (Å²) >= 11 is 0. The molecule has 9 nitrogen and oxygen atoms in total. The molecule has 184 valence electrons. The fourth-order valence-electron chi connectivity index (χ4n) is 5.13. The van der Waals surface area contributed by atoms with Gasteiger partial charge >= 0.3 is 0 Å². The summed E-state index contributed by atoms with van der Waals surface area (Å²) in [5.41, 5.74) is 9.34. The van der Waals surface area contributed by atoms with Gasteiger partial charge in [-0.1, -0.05) is 13.8 Å². The molecule has 1 amide bonds. The van der Waals surface area contributed by atoms with E-state index in [4.69, 9.17) is 9.97 Å². The molecular formula is C26H34N8O. The fourth-order valence-corrected chi connectivity index (χ4v) is 5.13. The number of aryl methyl sites for hydroxylation is 1. The quantitative estimate of drug-likeness (QED) is 0.474. The van der Waals surface area contributed by atoms with Crippen molar-refractivity contribution >= 4 is 22.7 Å². The lowest BCUT2D eigenvalue weighted by atomic mass is 9.93. The van der Waals surface area contributed by atoms with Crippen LogP contribution in [0.1, 0.15) is 60.9 Å². The molecule has 0 bridgehead atoms. The molecule has 1 saturated heterocycles. The lowest BCUT2D eigenvalue weighted by molar-refractivity contribution is -0.130. The van der Waals surface area contributed by atoms with Crippen LogP contribution < -0.4 is 0 Å². The van der Waals surface area contributed by atoms with Gasteiger partial charge in [0.05, 0.1) is 24.1 Å². The van der Waals surface area contributed by atoms with E-state index in [1.807, 2.05) is 31.0 Å². The first-order valence-electron chi connectivity index (χ1n) is 12.4. The number of fused-ring (bicyclic) bond motifs is 2. The molecule has 4 aromatic rings. The molecule has 0 radical (unpaired) electrons. The third-order valence-corrected chi connectivity index (χ3v) is 7.40. The SMILES string of the molecule is Cc1c(-c2[nH]c3ncc(C4CCN(CC(=O)N(C)C)CC4)nc3c2C(C)C)cn2ncnc2c1C. The van der Waals surface area contributed by atoms with Crippen molar-refractivity contribution in [2.24, 2.45) is 0 Å². The fraction of sp³-hybridized carbons (Fsp3) is 0.500. The third kappa shape index (κ3) is 4.18. The van der Waals surface area contributed by atoms with E-state index < -0.39 is 0 Å². The second kappa shape index (κ2) is 9.03. The Bertz CT molecular complexity index is 1390. The number of hydrogen-bond donors (Lipinski definition) is 1. The maximum Gasteiger partial charge on any atom is 0.236 e. The molecule has 1 aliphatic heterocycles. The summed E-state index contributed by atoms with van der Waals surface area (Å²) in [7, 11) is 3.62. The highest BCUT2D eigenvalue weighted by Gasteiger charge is 2.26. The Labute approximate surface area is 205 Å². The number of likely N-dealkylation sites (N-methyl/N-ethyl adjacent to an activating group) is 1. The number of pyridine rings is 1. The van der Waals surface area contributed by atoms with Crippen LogP contribution in [0.5, 0.6) is 0 Å². The average Bonchev–Trinajstić information content (AvgIpc) is 3.46. The van der Waals surface area contributed by atoms with E-state index in [1.54, 1.807) is 11.2 Å². The van der Waals surface area contributed by atoms with Gasteiger partial charge < -0.3 is 9.88 Å². The van der Waals surface area contributed by atoms with Crippen LogP contribution in [0.4, 0.5) is 0 Å². The van der Waals surface area contributed by atoms with Gasteiger partial charge in [0.2, 0.25) is 5.91 Å². The molecule has 0 aromatic carbocycles. The molecule has 0 atom stereocenters. The van der Waals surface area contributed by atoms with E-state index in [0.717, 1.165) is 65.3 Å². The van der Waals surface area contributed by atoms with Crippen molar-refractivity contribution in [2.75, 3.05) is 33.7 Å². The summed E-state index contributed by atoms with van der Waals surface area (Å²) in [5, 5.41) is 4.38. The monoisotopic (exact) mass is 474 g/mol. The molecule has 0 unspecified atom stereocenters. The number of hydrogen-bond acceptors (Lipinski definition) is 6. The van der Waals surface area contributed by atoms with Crippen molar-refractivity contribution in [3.63, 3.8) is 0 Å². The minimum atomic E-state index is 0.153. The summed E-state index contributed by atoms with van der Waals surface area (Å²) in [6, 6.07) is 0. The molecule has 1 aliphatic rings. The van der Waals surface area contributed by atoms with Crippen LogP contribution in [0.15, 0.2) is 18.7 Å². The first-order valence-corrected chi connectivity index (χ1v) is 12.4. The zero-order valence-electron chi connectivity index (χ0n) is 21.5. The number of nitrogens with zero attached hydrogens (tertiary/aromatic N) is 7. The van der Waals surface area contributed by atoms with Crippen molar-refractivity contribution in [1.29, 1.82) is 0 Å². The number of amides is 1. The van der Waals surface area contributed by atoms with Crippen molar-refractivity contribution in [2.45, 2.75) is 52.4 Å². The second-order valence-electron chi connectivity index (χ2n) is 10.2. The summed E-state index contributed by atoms with van der Waals surface area (Å²) in [6.45, 7) is 10.9. The van der Waals surface area contributed by atoms with Crippen LogP contribution in [-0.2, 0) is 4.79 Å². The molecular weight excluding hydrogens is 440 g/mol. The Morgan fingerprint density at radius 1 is 1.17 bits per heavy atom. The number of likely N-dealkylation sites (tertiary alicyclic amines) is 1. The topological polar surface area (TPSA) is 95.3 Å². The summed E-state index contributed by atoms with van der Waals surface area (Å²) < 4.78 is 1.84. The van der Waals surface area contributed by atoms with E-state index in [9.17, 15) is 4.79 Å². The lowest BCUT2D eigenvalue weighted by Crippen LogP contribution is -2.40. The largest absolute Gasteiger partial charge is 0.348 e. The van der Waals surface area contributed by atoms with Gasteiger partial charge in [0, 0.05) is 37.3 Å². The molecule has 1 fully saturated rings. The Morgan fingerprint density at radius 2 is 1.91 bits per heavy atom. The number of carbonyl (C=O) groups is 1. The van der Waals surface area contributed by atoms with Gasteiger partial charge in [-0.2, -0.15) is 5.10 Å². The molecule has 4 aromatic heterocycles. The molecule has 1 N–H and O–H groups in total. The van der Waals surface area contributed by atoms with Crippen LogP contribution >= 0.6 is 0 Å². The minimum Gasteiger partial charge on any atom is -0.348 e. The van der Waals surface area contributed by atoms with E-state index >= 15 is 0 Å². The number of nitrogens with one attached hydrogen (secondary N) is 1. The molecule has 0 aliphatic carbocycles. The van der Waals surface area contributed by atoms with Crippen LogP contribution in [0, 0.1) is 13.8 Å². The number of piperidine rings is 1. The van der Waals surface area contributed by atoms with Gasteiger partial charge in [-0.25, -0.2) is 19.5 Å². The summed E-state index contributed by atoms with van der Waals surface area (Å²) in [6.07, 6.45) is 7.54. The van der Waals surface area contributed by atoms with Gasteiger partial charge in [0.25, 0.3) is 0 Å². The van der Waals surface area contributed by atoms with Crippen molar-refractivity contribution in [1.82, 2.24) is 39.3 Å². The molecule has 5 rings (SSSR count). The molecule has 0 saturated carbocycles. The van der Waals surface area contributed by atoms with Crippen molar-refractivity contribution in [3.05, 3.63) is 41.1 Å². The third-order valence-electron chi connectivity index (χ3n) is 7.40. The number of carbonyl (C=O) groups excluding carboxylic acids is 1.